The Hall–Kier alpha value is -2.65. The zero-order valence-corrected chi connectivity index (χ0v) is 19.2. The number of likely N-dealkylation sites (N-methyl/N-ethyl adjacent to an activating group) is 1. The van der Waals surface area contributed by atoms with Crippen molar-refractivity contribution in [2.45, 2.75) is 20.4 Å². The third-order valence-corrected chi connectivity index (χ3v) is 6.31. The van der Waals surface area contributed by atoms with Crippen molar-refractivity contribution in [2.75, 3.05) is 25.0 Å². The summed E-state index contributed by atoms with van der Waals surface area (Å²) in [5, 5.41) is 6.32. The van der Waals surface area contributed by atoms with Crippen molar-refractivity contribution in [2.24, 2.45) is 0 Å². The van der Waals surface area contributed by atoms with Gasteiger partial charge in [-0.15, -0.1) is 11.3 Å². The molecule has 7 nitrogen and oxygen atoms in total. The number of nitrogens with zero attached hydrogens (tertiary/aromatic N) is 2. The van der Waals surface area contributed by atoms with Gasteiger partial charge in [-0.2, -0.15) is 0 Å². The number of aromatic nitrogens is 1. The molecular formula is C21H23BrN4O3S. The van der Waals surface area contributed by atoms with E-state index in [2.05, 4.69) is 26.6 Å². The monoisotopic (exact) mass is 490 g/mol. The van der Waals surface area contributed by atoms with E-state index in [-0.39, 0.29) is 30.8 Å². The van der Waals surface area contributed by atoms with Crippen molar-refractivity contribution in [1.29, 1.82) is 0 Å². The minimum Gasteiger partial charge on any atom is -0.342 e. The van der Waals surface area contributed by atoms with Crippen LogP contribution in [-0.2, 0) is 16.1 Å². The standard InChI is InChI=1S/C21H23BrN4O3S/c1-3-25(4-2)20(28)13-26-10-9-14-11-15(5-6-16(14)26)24-19(27)12-23-21(29)17-7-8-18(22)30-17/h5-11H,3-4,12-13H2,1-2H3,(H,23,29)(H,24,27). The topological polar surface area (TPSA) is 83.4 Å². The molecule has 3 amide bonds. The number of carbonyl (C=O) groups excluding carboxylic acids is 3. The van der Waals surface area contributed by atoms with Gasteiger partial charge in [0.15, 0.2) is 0 Å². The first-order chi connectivity index (χ1) is 14.4. The van der Waals surface area contributed by atoms with Crippen LogP contribution in [0.15, 0.2) is 46.4 Å². The number of nitrogens with one attached hydrogen (secondary N) is 2. The molecule has 2 heterocycles. The Labute approximate surface area is 187 Å². The highest BCUT2D eigenvalue weighted by atomic mass is 79.9. The first kappa shape index (κ1) is 22.0. The van der Waals surface area contributed by atoms with Gasteiger partial charge >= 0.3 is 0 Å². The molecule has 0 fully saturated rings. The highest BCUT2D eigenvalue weighted by Crippen LogP contribution is 2.22. The van der Waals surface area contributed by atoms with Crippen molar-refractivity contribution in [1.82, 2.24) is 14.8 Å². The normalized spacial score (nSPS) is 10.8. The maximum atomic E-state index is 12.4. The summed E-state index contributed by atoms with van der Waals surface area (Å²) in [7, 11) is 0. The number of rotatable bonds is 8. The fraction of sp³-hybridized carbons (Fsp3) is 0.286. The highest BCUT2D eigenvalue weighted by molar-refractivity contribution is 9.11. The van der Waals surface area contributed by atoms with E-state index >= 15 is 0 Å². The molecule has 2 N–H and O–H groups in total. The van der Waals surface area contributed by atoms with Gasteiger partial charge in [0.25, 0.3) is 5.91 Å². The number of amides is 3. The lowest BCUT2D eigenvalue weighted by Crippen LogP contribution is -2.33. The lowest BCUT2D eigenvalue weighted by molar-refractivity contribution is -0.131. The maximum absolute atomic E-state index is 12.4. The Morgan fingerprint density at radius 3 is 2.53 bits per heavy atom. The molecule has 1 aromatic carbocycles. The van der Waals surface area contributed by atoms with Gasteiger partial charge in [0.2, 0.25) is 11.8 Å². The van der Waals surface area contributed by atoms with Crippen molar-refractivity contribution in [3.8, 4) is 0 Å². The smallest absolute Gasteiger partial charge is 0.261 e. The van der Waals surface area contributed by atoms with Crippen molar-refractivity contribution >= 4 is 61.6 Å². The molecule has 9 heteroatoms. The van der Waals surface area contributed by atoms with Gasteiger partial charge in [0.1, 0.15) is 6.54 Å². The Morgan fingerprint density at radius 1 is 1.10 bits per heavy atom. The zero-order valence-electron chi connectivity index (χ0n) is 16.8. The summed E-state index contributed by atoms with van der Waals surface area (Å²) in [5.41, 5.74) is 1.55. The summed E-state index contributed by atoms with van der Waals surface area (Å²) in [4.78, 5) is 38.9. The third-order valence-electron chi connectivity index (χ3n) is 4.68. The van der Waals surface area contributed by atoms with Crippen molar-refractivity contribution in [3.05, 3.63) is 51.3 Å². The molecule has 0 saturated carbocycles. The van der Waals surface area contributed by atoms with Gasteiger partial charge in [-0.3, -0.25) is 14.4 Å². The van der Waals surface area contributed by atoms with Crippen LogP contribution in [0.4, 0.5) is 5.69 Å². The molecule has 0 radical (unpaired) electrons. The second kappa shape index (κ2) is 9.90. The molecule has 3 rings (SSSR count). The fourth-order valence-electron chi connectivity index (χ4n) is 3.13. The van der Waals surface area contributed by atoms with Crippen molar-refractivity contribution < 1.29 is 14.4 Å². The Morgan fingerprint density at radius 2 is 1.87 bits per heavy atom. The Kier molecular flexibility index (Phi) is 7.28. The molecule has 30 heavy (non-hydrogen) atoms. The molecule has 0 bridgehead atoms. The van der Waals surface area contributed by atoms with E-state index in [1.54, 1.807) is 23.1 Å². The first-order valence-corrected chi connectivity index (χ1v) is 11.2. The van der Waals surface area contributed by atoms with Crippen LogP contribution in [0.25, 0.3) is 10.9 Å². The molecule has 0 aliphatic rings. The predicted octanol–water partition coefficient (Wildman–Crippen LogP) is 3.70. The molecule has 0 saturated heterocycles. The summed E-state index contributed by atoms with van der Waals surface area (Å²) in [5.74, 6) is -0.524. The Balaban J connectivity index is 1.60. The van der Waals surface area contributed by atoms with Gasteiger partial charge in [0.05, 0.1) is 15.2 Å². The van der Waals surface area contributed by atoms with E-state index in [9.17, 15) is 14.4 Å². The van der Waals surface area contributed by atoms with Gasteiger partial charge < -0.3 is 20.1 Å². The maximum Gasteiger partial charge on any atom is 0.261 e. The number of hydrogen-bond acceptors (Lipinski definition) is 4. The summed E-state index contributed by atoms with van der Waals surface area (Å²) < 4.78 is 2.76. The molecule has 2 aromatic heterocycles. The summed E-state index contributed by atoms with van der Waals surface area (Å²) in [6, 6.07) is 10.9. The quantitative estimate of drug-likeness (QED) is 0.504. The average molecular weight is 491 g/mol. The number of thiophene rings is 1. The summed E-state index contributed by atoms with van der Waals surface area (Å²) in [6.07, 6.45) is 1.87. The van der Waals surface area contributed by atoms with Crippen LogP contribution < -0.4 is 10.6 Å². The lowest BCUT2D eigenvalue weighted by Gasteiger charge is -2.19. The highest BCUT2D eigenvalue weighted by Gasteiger charge is 2.13. The van der Waals surface area contributed by atoms with E-state index in [0.29, 0.717) is 23.7 Å². The van der Waals surface area contributed by atoms with Gasteiger partial charge in [-0.25, -0.2) is 0 Å². The van der Waals surface area contributed by atoms with Crippen LogP contribution in [0.5, 0.6) is 0 Å². The third kappa shape index (κ3) is 5.28. The van der Waals surface area contributed by atoms with E-state index in [0.717, 1.165) is 14.7 Å². The molecule has 0 aliphatic carbocycles. The van der Waals surface area contributed by atoms with Crippen LogP contribution >= 0.6 is 27.3 Å². The largest absolute Gasteiger partial charge is 0.342 e. The fourth-order valence-corrected chi connectivity index (χ4v) is 4.43. The number of hydrogen-bond donors (Lipinski definition) is 2. The molecule has 0 atom stereocenters. The summed E-state index contributed by atoms with van der Waals surface area (Å²) in [6.45, 7) is 5.46. The molecule has 0 spiro atoms. The number of fused-ring (bicyclic) bond motifs is 1. The van der Waals surface area contributed by atoms with Crippen LogP contribution in [0.2, 0.25) is 0 Å². The minimum absolute atomic E-state index is 0.0726. The molecule has 0 aliphatic heterocycles. The van der Waals surface area contributed by atoms with Gasteiger partial charge in [-0.1, -0.05) is 0 Å². The van der Waals surface area contributed by atoms with Crippen LogP contribution in [0.3, 0.4) is 0 Å². The number of carbonyl (C=O) groups is 3. The molecule has 158 valence electrons. The van der Waals surface area contributed by atoms with Crippen LogP contribution in [-0.4, -0.2) is 46.8 Å². The lowest BCUT2D eigenvalue weighted by atomic mass is 10.2. The number of anilines is 1. The number of halogens is 1. The second-order valence-corrected chi connectivity index (χ2v) is 9.08. The molecular weight excluding hydrogens is 468 g/mol. The first-order valence-electron chi connectivity index (χ1n) is 9.61. The van der Waals surface area contributed by atoms with Crippen LogP contribution in [0, 0.1) is 0 Å². The predicted molar refractivity (Wildman–Crippen MR) is 123 cm³/mol. The van der Waals surface area contributed by atoms with E-state index in [1.807, 2.05) is 42.8 Å². The van der Waals surface area contributed by atoms with Crippen molar-refractivity contribution in [3.63, 3.8) is 0 Å². The average Bonchev–Trinajstić information content (AvgIpc) is 3.33. The second-order valence-electron chi connectivity index (χ2n) is 6.62. The van der Waals surface area contributed by atoms with E-state index in [1.165, 1.54) is 11.3 Å². The van der Waals surface area contributed by atoms with Gasteiger partial charge in [0, 0.05) is 35.9 Å². The van der Waals surface area contributed by atoms with Crippen LogP contribution in [0.1, 0.15) is 23.5 Å². The SMILES string of the molecule is CCN(CC)C(=O)Cn1ccc2cc(NC(=O)CNC(=O)c3ccc(Br)s3)ccc21. The molecule has 0 unspecified atom stereocenters. The zero-order chi connectivity index (χ0) is 21.7. The summed E-state index contributed by atoms with van der Waals surface area (Å²) >= 11 is 4.62. The van der Waals surface area contributed by atoms with E-state index < -0.39 is 0 Å². The molecule has 3 aromatic rings. The number of benzene rings is 1. The minimum atomic E-state index is -0.311. The van der Waals surface area contributed by atoms with E-state index in [4.69, 9.17) is 0 Å². The van der Waals surface area contributed by atoms with Gasteiger partial charge in [-0.05, 0) is 66.2 Å². The Bertz CT molecular complexity index is 1070.